The van der Waals surface area contributed by atoms with Crippen LogP contribution in [0.25, 0.3) is 0 Å². The van der Waals surface area contributed by atoms with E-state index in [4.69, 9.17) is 4.74 Å². The Kier molecular flexibility index (Phi) is 5.92. The SMILES string of the molecule is CC(C)Oc1ccc(C(=O)NC[C@](O)(c2ccccc2)C(F)(F)F)cc1. The maximum atomic E-state index is 13.4. The largest absolute Gasteiger partial charge is 0.491 e. The number of nitrogens with one attached hydrogen (secondary N) is 1. The van der Waals surface area contributed by atoms with E-state index in [1.165, 1.54) is 24.3 Å². The molecule has 0 saturated carbocycles. The van der Waals surface area contributed by atoms with Crippen molar-refractivity contribution in [1.29, 1.82) is 0 Å². The molecule has 0 unspecified atom stereocenters. The van der Waals surface area contributed by atoms with Crippen LogP contribution in [0.15, 0.2) is 54.6 Å². The van der Waals surface area contributed by atoms with Gasteiger partial charge in [0.1, 0.15) is 5.75 Å². The second-order valence-electron chi connectivity index (χ2n) is 6.10. The number of carbonyl (C=O) groups excluding carboxylic acids is 1. The third kappa shape index (κ3) is 4.54. The zero-order chi connectivity index (χ0) is 19.4. The first kappa shape index (κ1) is 19.8. The van der Waals surface area contributed by atoms with Crippen molar-refractivity contribution in [1.82, 2.24) is 5.32 Å². The molecule has 0 saturated heterocycles. The van der Waals surface area contributed by atoms with Gasteiger partial charge < -0.3 is 15.2 Å². The van der Waals surface area contributed by atoms with Gasteiger partial charge in [-0.3, -0.25) is 4.79 Å². The molecule has 0 aliphatic rings. The standard InChI is InChI=1S/C19H20F3NO3/c1-13(2)26-16-10-8-14(9-11-16)17(24)23-12-18(25,19(20,21)22)15-6-4-3-5-7-15/h3-11,13,25H,12H2,1-2H3,(H,23,24)/t18-/m0/s1. The molecule has 140 valence electrons. The van der Waals surface area contributed by atoms with Crippen LogP contribution < -0.4 is 10.1 Å². The summed E-state index contributed by atoms with van der Waals surface area (Å²) in [7, 11) is 0. The molecule has 0 radical (unpaired) electrons. The van der Waals surface area contributed by atoms with Crippen LogP contribution in [0.4, 0.5) is 13.2 Å². The summed E-state index contributed by atoms with van der Waals surface area (Å²) >= 11 is 0. The van der Waals surface area contributed by atoms with Crippen molar-refractivity contribution in [2.45, 2.75) is 31.7 Å². The molecule has 0 fully saturated rings. The summed E-state index contributed by atoms with van der Waals surface area (Å²) in [6.45, 7) is 2.70. The third-order valence-corrected chi connectivity index (χ3v) is 3.71. The average Bonchev–Trinajstić information content (AvgIpc) is 2.59. The van der Waals surface area contributed by atoms with Crippen LogP contribution in [0.2, 0.25) is 0 Å². The van der Waals surface area contributed by atoms with Gasteiger partial charge in [0.15, 0.2) is 0 Å². The van der Waals surface area contributed by atoms with Crippen molar-refractivity contribution in [3.05, 3.63) is 65.7 Å². The van der Waals surface area contributed by atoms with Crippen LogP contribution in [0.3, 0.4) is 0 Å². The van der Waals surface area contributed by atoms with E-state index in [-0.39, 0.29) is 17.2 Å². The van der Waals surface area contributed by atoms with E-state index in [0.29, 0.717) is 5.75 Å². The van der Waals surface area contributed by atoms with Gasteiger partial charge in [0.05, 0.1) is 12.6 Å². The number of carbonyl (C=O) groups is 1. The number of aliphatic hydroxyl groups is 1. The Morgan fingerprint density at radius 2 is 1.65 bits per heavy atom. The lowest BCUT2D eigenvalue weighted by Crippen LogP contribution is -2.51. The molecule has 0 aromatic heterocycles. The summed E-state index contributed by atoms with van der Waals surface area (Å²) in [5.41, 5.74) is -3.35. The number of halogens is 3. The highest BCUT2D eigenvalue weighted by atomic mass is 19.4. The number of benzene rings is 2. The predicted octanol–water partition coefficient (Wildman–Crippen LogP) is 3.65. The van der Waals surface area contributed by atoms with Crippen LogP contribution in [-0.2, 0) is 5.60 Å². The highest BCUT2D eigenvalue weighted by Gasteiger charge is 2.55. The monoisotopic (exact) mass is 367 g/mol. The van der Waals surface area contributed by atoms with Gasteiger partial charge in [-0.1, -0.05) is 30.3 Å². The van der Waals surface area contributed by atoms with E-state index in [2.05, 4.69) is 5.32 Å². The summed E-state index contributed by atoms with van der Waals surface area (Å²) < 4.78 is 45.6. The van der Waals surface area contributed by atoms with Gasteiger partial charge in [-0.25, -0.2) is 0 Å². The van der Waals surface area contributed by atoms with Crippen molar-refractivity contribution in [3.8, 4) is 5.75 Å². The van der Waals surface area contributed by atoms with E-state index in [1.54, 1.807) is 18.2 Å². The van der Waals surface area contributed by atoms with Crippen molar-refractivity contribution in [2.24, 2.45) is 0 Å². The van der Waals surface area contributed by atoms with Gasteiger partial charge in [0.2, 0.25) is 5.60 Å². The Morgan fingerprint density at radius 1 is 1.08 bits per heavy atom. The van der Waals surface area contributed by atoms with Crippen LogP contribution in [-0.4, -0.2) is 29.8 Å². The molecule has 2 aromatic rings. The molecule has 0 bridgehead atoms. The second kappa shape index (κ2) is 7.78. The first-order chi connectivity index (χ1) is 12.1. The van der Waals surface area contributed by atoms with Crippen molar-refractivity contribution >= 4 is 5.91 Å². The zero-order valence-electron chi connectivity index (χ0n) is 14.4. The van der Waals surface area contributed by atoms with Gasteiger partial charge >= 0.3 is 6.18 Å². The molecule has 7 heteroatoms. The number of alkyl halides is 3. The zero-order valence-corrected chi connectivity index (χ0v) is 14.4. The van der Waals surface area contributed by atoms with Gasteiger partial charge in [0.25, 0.3) is 5.91 Å². The lowest BCUT2D eigenvalue weighted by atomic mass is 9.93. The molecular weight excluding hydrogens is 347 g/mol. The smallest absolute Gasteiger partial charge is 0.423 e. The highest BCUT2D eigenvalue weighted by molar-refractivity contribution is 5.94. The number of rotatable bonds is 6. The van der Waals surface area contributed by atoms with Gasteiger partial charge in [-0.2, -0.15) is 13.2 Å². The number of hydrogen-bond donors (Lipinski definition) is 2. The fourth-order valence-electron chi connectivity index (χ4n) is 2.35. The van der Waals surface area contributed by atoms with Crippen LogP contribution in [0.1, 0.15) is 29.8 Å². The molecular formula is C19H20F3NO3. The normalized spacial score (nSPS) is 14.0. The van der Waals surface area contributed by atoms with Crippen LogP contribution in [0.5, 0.6) is 5.75 Å². The number of hydrogen-bond acceptors (Lipinski definition) is 3. The Morgan fingerprint density at radius 3 is 2.15 bits per heavy atom. The molecule has 1 atom stereocenters. The van der Waals surface area contributed by atoms with Crippen molar-refractivity contribution in [3.63, 3.8) is 0 Å². The van der Waals surface area contributed by atoms with Crippen molar-refractivity contribution in [2.75, 3.05) is 6.54 Å². The van der Waals surface area contributed by atoms with Crippen LogP contribution in [0, 0.1) is 0 Å². The summed E-state index contributed by atoms with van der Waals surface area (Å²) in [5, 5.41) is 12.4. The minimum absolute atomic E-state index is 0.0395. The summed E-state index contributed by atoms with van der Waals surface area (Å²) in [6.07, 6.45) is -4.99. The third-order valence-electron chi connectivity index (χ3n) is 3.71. The Balaban J connectivity index is 2.12. The molecule has 1 amide bonds. The molecule has 4 nitrogen and oxygen atoms in total. The number of ether oxygens (including phenoxy) is 1. The van der Waals surface area contributed by atoms with Gasteiger partial charge in [0, 0.05) is 5.56 Å². The summed E-state index contributed by atoms with van der Waals surface area (Å²) in [6, 6.07) is 12.7. The average molecular weight is 367 g/mol. The predicted molar refractivity (Wildman–Crippen MR) is 90.9 cm³/mol. The summed E-state index contributed by atoms with van der Waals surface area (Å²) in [4.78, 5) is 12.2. The summed E-state index contributed by atoms with van der Waals surface area (Å²) in [5.74, 6) is -0.174. The van der Waals surface area contributed by atoms with Gasteiger partial charge in [-0.15, -0.1) is 0 Å². The lowest BCUT2D eigenvalue weighted by Gasteiger charge is -2.31. The van der Waals surface area contributed by atoms with E-state index >= 15 is 0 Å². The topological polar surface area (TPSA) is 58.6 Å². The fraction of sp³-hybridized carbons (Fsp3) is 0.316. The molecule has 0 heterocycles. The Hall–Kier alpha value is -2.54. The van der Waals surface area contributed by atoms with E-state index in [1.807, 2.05) is 13.8 Å². The minimum Gasteiger partial charge on any atom is -0.491 e. The first-order valence-corrected chi connectivity index (χ1v) is 8.03. The fourth-order valence-corrected chi connectivity index (χ4v) is 2.35. The second-order valence-corrected chi connectivity index (χ2v) is 6.10. The number of amides is 1. The molecule has 0 spiro atoms. The molecule has 2 rings (SSSR count). The molecule has 0 aliphatic carbocycles. The molecule has 26 heavy (non-hydrogen) atoms. The Bertz CT molecular complexity index is 730. The lowest BCUT2D eigenvalue weighted by molar-refractivity contribution is -0.263. The quantitative estimate of drug-likeness (QED) is 0.819. The maximum absolute atomic E-state index is 13.4. The maximum Gasteiger partial charge on any atom is 0.423 e. The molecule has 2 aromatic carbocycles. The van der Waals surface area contributed by atoms with Crippen molar-refractivity contribution < 1.29 is 27.8 Å². The van der Waals surface area contributed by atoms with Gasteiger partial charge in [-0.05, 0) is 43.7 Å². The van der Waals surface area contributed by atoms with E-state index in [9.17, 15) is 23.1 Å². The first-order valence-electron chi connectivity index (χ1n) is 8.03. The van der Waals surface area contributed by atoms with E-state index in [0.717, 1.165) is 12.1 Å². The van der Waals surface area contributed by atoms with E-state index < -0.39 is 24.2 Å². The molecule has 2 N–H and O–H groups in total. The molecule has 0 aliphatic heterocycles. The van der Waals surface area contributed by atoms with Crippen LogP contribution >= 0.6 is 0 Å². The highest BCUT2D eigenvalue weighted by Crippen LogP contribution is 2.38. The minimum atomic E-state index is -4.95. The Labute approximate surface area is 149 Å².